The maximum atomic E-state index is 13.1. The SMILES string of the molecule is CC(NC(C)c1nncn1C)c1cccc(F)c1. The van der Waals surface area contributed by atoms with E-state index in [0.717, 1.165) is 11.4 Å². The Morgan fingerprint density at radius 2 is 2.06 bits per heavy atom. The van der Waals surface area contributed by atoms with E-state index in [2.05, 4.69) is 15.5 Å². The molecule has 0 aliphatic rings. The molecule has 1 N–H and O–H groups in total. The summed E-state index contributed by atoms with van der Waals surface area (Å²) < 4.78 is 15.0. The van der Waals surface area contributed by atoms with Gasteiger partial charge in [0.15, 0.2) is 0 Å². The number of rotatable bonds is 4. The maximum Gasteiger partial charge on any atom is 0.149 e. The molecule has 0 aliphatic carbocycles. The van der Waals surface area contributed by atoms with Crippen molar-refractivity contribution < 1.29 is 4.39 Å². The normalized spacial score (nSPS) is 14.4. The van der Waals surface area contributed by atoms with E-state index in [1.807, 2.05) is 31.5 Å². The zero-order chi connectivity index (χ0) is 13.1. The van der Waals surface area contributed by atoms with Gasteiger partial charge in [0, 0.05) is 13.1 Å². The second kappa shape index (κ2) is 5.27. The van der Waals surface area contributed by atoms with Crippen LogP contribution >= 0.6 is 0 Å². The Morgan fingerprint density at radius 3 is 2.67 bits per heavy atom. The number of aromatic nitrogens is 3. The van der Waals surface area contributed by atoms with Gasteiger partial charge in [-0.1, -0.05) is 12.1 Å². The molecule has 96 valence electrons. The second-order valence-electron chi connectivity index (χ2n) is 4.47. The van der Waals surface area contributed by atoms with Gasteiger partial charge in [-0.25, -0.2) is 4.39 Å². The third-order valence-corrected chi connectivity index (χ3v) is 2.98. The zero-order valence-corrected chi connectivity index (χ0v) is 10.8. The van der Waals surface area contributed by atoms with Crippen LogP contribution in [-0.4, -0.2) is 14.8 Å². The first-order valence-corrected chi connectivity index (χ1v) is 5.93. The van der Waals surface area contributed by atoms with E-state index in [9.17, 15) is 4.39 Å². The standard InChI is InChI=1S/C13H17FN4/c1-9(11-5-4-6-12(14)7-11)16-10(2)13-17-15-8-18(13)3/h4-10,16H,1-3H3. The van der Waals surface area contributed by atoms with Gasteiger partial charge in [0.25, 0.3) is 0 Å². The molecule has 0 amide bonds. The van der Waals surface area contributed by atoms with Crippen molar-refractivity contribution in [3.8, 4) is 0 Å². The van der Waals surface area contributed by atoms with Crippen molar-refractivity contribution in [3.05, 3.63) is 47.8 Å². The number of nitrogens with one attached hydrogen (secondary N) is 1. The van der Waals surface area contributed by atoms with Crippen LogP contribution in [0.5, 0.6) is 0 Å². The quantitative estimate of drug-likeness (QED) is 0.903. The van der Waals surface area contributed by atoms with Crippen LogP contribution in [0.2, 0.25) is 0 Å². The van der Waals surface area contributed by atoms with E-state index in [1.54, 1.807) is 18.5 Å². The summed E-state index contributed by atoms with van der Waals surface area (Å²) in [5.41, 5.74) is 0.920. The molecule has 2 aromatic rings. The van der Waals surface area contributed by atoms with Crippen LogP contribution in [0.4, 0.5) is 4.39 Å². The number of nitrogens with zero attached hydrogens (tertiary/aromatic N) is 3. The first-order valence-electron chi connectivity index (χ1n) is 5.93. The van der Waals surface area contributed by atoms with Crippen LogP contribution in [0.1, 0.15) is 37.3 Å². The smallest absolute Gasteiger partial charge is 0.149 e. The zero-order valence-electron chi connectivity index (χ0n) is 10.8. The van der Waals surface area contributed by atoms with Gasteiger partial charge in [-0.3, -0.25) is 0 Å². The number of halogens is 1. The molecule has 1 aromatic carbocycles. The largest absolute Gasteiger partial charge is 0.319 e. The van der Waals surface area contributed by atoms with Crippen LogP contribution in [0.15, 0.2) is 30.6 Å². The summed E-state index contributed by atoms with van der Waals surface area (Å²) in [6.45, 7) is 4.02. The molecular weight excluding hydrogens is 231 g/mol. The topological polar surface area (TPSA) is 42.7 Å². The molecule has 0 fully saturated rings. The highest BCUT2D eigenvalue weighted by atomic mass is 19.1. The molecule has 2 unspecified atom stereocenters. The highest BCUT2D eigenvalue weighted by molar-refractivity contribution is 5.19. The van der Waals surface area contributed by atoms with Gasteiger partial charge < -0.3 is 9.88 Å². The molecule has 0 radical (unpaired) electrons. The minimum absolute atomic E-state index is 0.0485. The molecule has 0 saturated heterocycles. The number of aryl methyl sites for hydroxylation is 1. The Balaban J connectivity index is 2.08. The average Bonchev–Trinajstić information content (AvgIpc) is 2.75. The van der Waals surface area contributed by atoms with Crippen molar-refractivity contribution in [3.63, 3.8) is 0 Å². The lowest BCUT2D eigenvalue weighted by Gasteiger charge is -2.19. The van der Waals surface area contributed by atoms with Crippen LogP contribution in [0.3, 0.4) is 0 Å². The fourth-order valence-corrected chi connectivity index (χ4v) is 2.01. The Bertz CT molecular complexity index is 523. The van der Waals surface area contributed by atoms with Crippen molar-refractivity contribution in [2.75, 3.05) is 0 Å². The molecule has 1 heterocycles. The second-order valence-corrected chi connectivity index (χ2v) is 4.47. The Morgan fingerprint density at radius 1 is 1.28 bits per heavy atom. The van der Waals surface area contributed by atoms with E-state index in [4.69, 9.17) is 0 Å². The fourth-order valence-electron chi connectivity index (χ4n) is 2.01. The van der Waals surface area contributed by atoms with Crippen molar-refractivity contribution in [2.45, 2.75) is 25.9 Å². The number of benzene rings is 1. The predicted molar refractivity (Wildman–Crippen MR) is 67.4 cm³/mol. The summed E-state index contributed by atoms with van der Waals surface area (Å²) in [4.78, 5) is 0. The van der Waals surface area contributed by atoms with Crippen LogP contribution < -0.4 is 5.32 Å². The Kier molecular flexibility index (Phi) is 3.72. The highest BCUT2D eigenvalue weighted by Crippen LogP contribution is 2.18. The molecule has 1 aromatic heterocycles. The third-order valence-electron chi connectivity index (χ3n) is 2.98. The number of hydrogen-bond donors (Lipinski definition) is 1. The van der Waals surface area contributed by atoms with E-state index in [1.165, 1.54) is 6.07 Å². The molecule has 0 saturated carbocycles. The summed E-state index contributed by atoms with van der Waals surface area (Å²) >= 11 is 0. The Labute approximate surface area is 106 Å². The molecule has 0 aliphatic heterocycles. The monoisotopic (exact) mass is 248 g/mol. The van der Waals surface area contributed by atoms with E-state index in [0.29, 0.717) is 0 Å². The minimum Gasteiger partial charge on any atom is -0.319 e. The summed E-state index contributed by atoms with van der Waals surface area (Å²) in [7, 11) is 1.90. The van der Waals surface area contributed by atoms with Crippen LogP contribution in [-0.2, 0) is 7.05 Å². The molecule has 0 spiro atoms. The van der Waals surface area contributed by atoms with Crippen LogP contribution in [0, 0.1) is 5.82 Å². The van der Waals surface area contributed by atoms with Gasteiger partial charge in [0.1, 0.15) is 18.0 Å². The van der Waals surface area contributed by atoms with Crippen LogP contribution in [0.25, 0.3) is 0 Å². The van der Waals surface area contributed by atoms with Gasteiger partial charge in [-0.05, 0) is 31.5 Å². The van der Waals surface area contributed by atoms with E-state index in [-0.39, 0.29) is 17.9 Å². The van der Waals surface area contributed by atoms with Gasteiger partial charge in [0.05, 0.1) is 6.04 Å². The minimum atomic E-state index is -0.215. The molecule has 18 heavy (non-hydrogen) atoms. The van der Waals surface area contributed by atoms with E-state index >= 15 is 0 Å². The van der Waals surface area contributed by atoms with Crippen molar-refractivity contribution in [1.82, 2.24) is 20.1 Å². The third kappa shape index (κ3) is 2.73. The van der Waals surface area contributed by atoms with Gasteiger partial charge in [0.2, 0.25) is 0 Å². The molecule has 4 nitrogen and oxygen atoms in total. The number of hydrogen-bond acceptors (Lipinski definition) is 3. The summed E-state index contributed by atoms with van der Waals surface area (Å²) in [5.74, 6) is 0.644. The average molecular weight is 248 g/mol. The molecule has 5 heteroatoms. The lowest BCUT2D eigenvalue weighted by atomic mass is 10.1. The van der Waals surface area contributed by atoms with Gasteiger partial charge in [-0.2, -0.15) is 0 Å². The van der Waals surface area contributed by atoms with Gasteiger partial charge in [-0.15, -0.1) is 10.2 Å². The summed E-state index contributed by atoms with van der Waals surface area (Å²) in [6.07, 6.45) is 1.67. The highest BCUT2D eigenvalue weighted by Gasteiger charge is 2.15. The first kappa shape index (κ1) is 12.7. The Hall–Kier alpha value is -1.75. The lowest BCUT2D eigenvalue weighted by Crippen LogP contribution is -2.24. The molecular formula is C13H17FN4. The molecule has 2 atom stereocenters. The molecule has 0 bridgehead atoms. The lowest BCUT2D eigenvalue weighted by molar-refractivity contribution is 0.464. The van der Waals surface area contributed by atoms with E-state index < -0.39 is 0 Å². The summed E-state index contributed by atoms with van der Waals surface area (Å²) in [6, 6.07) is 6.71. The molecule has 2 rings (SSSR count). The van der Waals surface area contributed by atoms with Crippen molar-refractivity contribution in [2.24, 2.45) is 7.05 Å². The van der Waals surface area contributed by atoms with Crippen molar-refractivity contribution >= 4 is 0 Å². The fraction of sp³-hybridized carbons (Fsp3) is 0.385. The predicted octanol–water partition coefficient (Wildman–Crippen LogP) is 2.37. The van der Waals surface area contributed by atoms with Crippen molar-refractivity contribution in [1.29, 1.82) is 0 Å². The maximum absolute atomic E-state index is 13.1. The summed E-state index contributed by atoms with van der Waals surface area (Å²) in [5, 5.41) is 11.3. The first-order chi connectivity index (χ1) is 8.58. The van der Waals surface area contributed by atoms with Gasteiger partial charge >= 0.3 is 0 Å².